The van der Waals surface area contributed by atoms with Gasteiger partial charge in [-0.05, 0) is 38.8 Å². The minimum absolute atomic E-state index is 0.0810. The van der Waals surface area contributed by atoms with E-state index in [2.05, 4.69) is 5.32 Å². The molecule has 1 amide bonds. The topological polar surface area (TPSA) is 69.2 Å². The molecule has 1 aliphatic carbocycles. The van der Waals surface area contributed by atoms with Gasteiger partial charge < -0.3 is 15.2 Å². The third-order valence-electron chi connectivity index (χ3n) is 4.41. The molecule has 2 rings (SSSR count). The molecule has 0 heterocycles. The van der Waals surface area contributed by atoms with Gasteiger partial charge in [-0.25, -0.2) is 4.39 Å². The molecule has 124 valence electrons. The first-order chi connectivity index (χ1) is 10.8. The smallest absolute Gasteiger partial charge is 0.224 e. The number of aliphatic carboxylic acids is 1. The van der Waals surface area contributed by atoms with Crippen molar-refractivity contribution in [2.24, 2.45) is 11.8 Å². The lowest BCUT2D eigenvalue weighted by Gasteiger charge is -2.32. The summed E-state index contributed by atoms with van der Waals surface area (Å²) in [5.41, 5.74) is 2.17. The minimum atomic E-state index is -1.24. The summed E-state index contributed by atoms with van der Waals surface area (Å²) in [6.45, 7) is 3.66. The fraction of sp³-hybridized carbons (Fsp3) is 0.412. The predicted octanol–water partition coefficient (Wildman–Crippen LogP) is 2.21. The Labute approximate surface area is 139 Å². The first-order valence-electron chi connectivity index (χ1n) is 7.38. The Bertz CT molecular complexity index is 652. The van der Waals surface area contributed by atoms with E-state index in [1.165, 1.54) is 18.2 Å². The Morgan fingerprint density at radius 1 is 1.26 bits per heavy atom. The maximum Gasteiger partial charge on any atom is 0.224 e. The van der Waals surface area contributed by atoms with Crippen LogP contribution in [0.3, 0.4) is 0 Å². The average molecular weight is 339 g/mol. The van der Waals surface area contributed by atoms with Crippen LogP contribution in [0.25, 0.3) is 0 Å². The van der Waals surface area contributed by atoms with E-state index >= 15 is 0 Å². The summed E-state index contributed by atoms with van der Waals surface area (Å²) in [5.74, 6) is -3.75. The van der Waals surface area contributed by atoms with E-state index < -0.39 is 29.5 Å². The monoisotopic (exact) mass is 338 g/mol. The Kier molecular flexibility index (Phi) is 5.42. The van der Waals surface area contributed by atoms with E-state index in [0.29, 0.717) is 12.8 Å². The molecule has 4 nitrogen and oxygen atoms in total. The van der Waals surface area contributed by atoms with Gasteiger partial charge in [0, 0.05) is 34.9 Å². The van der Waals surface area contributed by atoms with E-state index in [1.54, 1.807) is 0 Å². The largest absolute Gasteiger partial charge is 0.550 e. The van der Waals surface area contributed by atoms with Crippen molar-refractivity contribution in [3.05, 3.63) is 45.7 Å². The molecule has 0 radical (unpaired) electrons. The third-order valence-corrected chi connectivity index (χ3v) is 4.76. The molecule has 0 fully saturated rings. The van der Waals surface area contributed by atoms with Gasteiger partial charge >= 0.3 is 0 Å². The van der Waals surface area contributed by atoms with Crippen molar-refractivity contribution in [1.29, 1.82) is 0 Å². The number of nitrogens with one attached hydrogen (secondary N) is 1. The van der Waals surface area contributed by atoms with Crippen molar-refractivity contribution in [3.63, 3.8) is 0 Å². The number of halogens is 2. The van der Waals surface area contributed by atoms with E-state index in [4.69, 9.17) is 11.6 Å². The molecule has 0 aliphatic heterocycles. The van der Waals surface area contributed by atoms with Crippen LogP contribution in [-0.2, 0) is 16.1 Å². The van der Waals surface area contributed by atoms with Crippen molar-refractivity contribution in [3.8, 4) is 0 Å². The molecule has 23 heavy (non-hydrogen) atoms. The van der Waals surface area contributed by atoms with Gasteiger partial charge in [0.05, 0.1) is 0 Å². The molecule has 1 N–H and O–H groups in total. The van der Waals surface area contributed by atoms with Crippen LogP contribution in [0.4, 0.5) is 4.39 Å². The lowest BCUT2D eigenvalue weighted by molar-refractivity contribution is -0.313. The standard InChI is InChI=1S/C17H19ClFNO3/c1-9-6-11(12(17(22)23)7-10(9)2)16(21)20-8-13-14(18)4-3-5-15(13)19/h3-5,11-12H,6-8H2,1-2H3,(H,20,21)(H,22,23)/p-1/t11-,12+/m1/s1. The van der Waals surface area contributed by atoms with E-state index in [0.717, 1.165) is 11.1 Å². The quantitative estimate of drug-likeness (QED) is 0.856. The SMILES string of the molecule is CC1=C(C)C[C@@H](C(=O)NCc2c(F)cccc2Cl)[C@@H](C(=O)[O-])C1. The molecule has 0 spiro atoms. The number of carbonyl (C=O) groups excluding carboxylic acids is 2. The normalized spacial score (nSPS) is 21.2. The van der Waals surface area contributed by atoms with Gasteiger partial charge in [-0.3, -0.25) is 4.79 Å². The highest BCUT2D eigenvalue weighted by Crippen LogP contribution is 2.34. The molecule has 0 saturated heterocycles. The molecule has 1 aromatic carbocycles. The number of allylic oxidation sites excluding steroid dienone is 2. The number of rotatable bonds is 4. The number of carboxylic acid groups (broad SMARTS) is 1. The zero-order chi connectivity index (χ0) is 17.1. The van der Waals surface area contributed by atoms with Crippen molar-refractivity contribution in [2.75, 3.05) is 0 Å². The number of carbonyl (C=O) groups is 2. The number of hydrogen-bond donors (Lipinski definition) is 1. The lowest BCUT2D eigenvalue weighted by Crippen LogP contribution is -2.44. The van der Waals surface area contributed by atoms with E-state index in [9.17, 15) is 19.1 Å². The van der Waals surface area contributed by atoms with Crippen LogP contribution in [0.5, 0.6) is 0 Å². The Hall–Kier alpha value is -1.88. The highest BCUT2D eigenvalue weighted by molar-refractivity contribution is 6.31. The van der Waals surface area contributed by atoms with Crippen LogP contribution in [0.1, 0.15) is 32.3 Å². The summed E-state index contributed by atoms with van der Waals surface area (Å²) in [6.07, 6.45) is 0.661. The summed E-state index contributed by atoms with van der Waals surface area (Å²) >= 11 is 5.92. The van der Waals surface area contributed by atoms with Crippen molar-refractivity contribution in [2.45, 2.75) is 33.2 Å². The van der Waals surface area contributed by atoms with Gasteiger partial charge in [-0.1, -0.05) is 28.8 Å². The summed E-state index contributed by atoms with van der Waals surface area (Å²) in [4.78, 5) is 23.7. The summed E-state index contributed by atoms with van der Waals surface area (Å²) in [7, 11) is 0. The van der Waals surface area contributed by atoms with Gasteiger partial charge in [0.15, 0.2) is 0 Å². The summed E-state index contributed by atoms with van der Waals surface area (Å²) in [5, 5.41) is 14.1. The van der Waals surface area contributed by atoms with Crippen LogP contribution < -0.4 is 10.4 Å². The lowest BCUT2D eigenvalue weighted by atomic mass is 9.76. The minimum Gasteiger partial charge on any atom is -0.550 e. The number of benzene rings is 1. The zero-order valence-electron chi connectivity index (χ0n) is 13.0. The van der Waals surface area contributed by atoms with Crippen molar-refractivity contribution < 1.29 is 19.1 Å². The summed E-state index contributed by atoms with van der Waals surface area (Å²) in [6, 6.07) is 4.27. The highest BCUT2D eigenvalue weighted by Gasteiger charge is 2.33. The molecule has 0 bridgehead atoms. The maximum atomic E-state index is 13.7. The van der Waals surface area contributed by atoms with Gasteiger partial charge in [0.25, 0.3) is 0 Å². The average Bonchev–Trinajstić information content (AvgIpc) is 2.48. The van der Waals surface area contributed by atoms with Crippen molar-refractivity contribution >= 4 is 23.5 Å². The molecule has 0 unspecified atom stereocenters. The predicted molar refractivity (Wildman–Crippen MR) is 82.9 cm³/mol. The van der Waals surface area contributed by atoms with Gasteiger partial charge in [0.1, 0.15) is 5.82 Å². The Morgan fingerprint density at radius 2 is 1.87 bits per heavy atom. The molecule has 2 atom stereocenters. The van der Waals surface area contributed by atoms with Gasteiger partial charge in [0.2, 0.25) is 5.91 Å². The number of hydrogen-bond acceptors (Lipinski definition) is 3. The molecular formula is C17H18ClFNO3-. The first kappa shape index (κ1) is 17.5. The highest BCUT2D eigenvalue weighted by atomic mass is 35.5. The molecule has 6 heteroatoms. The second kappa shape index (κ2) is 7.13. The maximum absolute atomic E-state index is 13.7. The number of carboxylic acids is 1. The first-order valence-corrected chi connectivity index (χ1v) is 7.75. The Morgan fingerprint density at radius 3 is 2.43 bits per heavy atom. The summed E-state index contributed by atoms with van der Waals surface area (Å²) < 4.78 is 13.7. The molecule has 1 aliphatic rings. The van der Waals surface area contributed by atoms with Gasteiger partial charge in [-0.15, -0.1) is 0 Å². The second-order valence-corrected chi connectivity index (χ2v) is 6.33. The van der Waals surface area contributed by atoms with Crippen LogP contribution >= 0.6 is 11.6 Å². The van der Waals surface area contributed by atoms with Crippen LogP contribution in [0.15, 0.2) is 29.3 Å². The van der Waals surface area contributed by atoms with Crippen LogP contribution in [-0.4, -0.2) is 11.9 Å². The fourth-order valence-corrected chi connectivity index (χ4v) is 3.05. The zero-order valence-corrected chi connectivity index (χ0v) is 13.7. The number of amides is 1. The molecule has 1 aromatic rings. The third kappa shape index (κ3) is 3.91. The fourth-order valence-electron chi connectivity index (χ4n) is 2.82. The van der Waals surface area contributed by atoms with Crippen LogP contribution in [0, 0.1) is 17.7 Å². The van der Waals surface area contributed by atoms with Crippen molar-refractivity contribution in [1.82, 2.24) is 5.32 Å². The Balaban J connectivity index is 2.12. The molecule has 0 saturated carbocycles. The van der Waals surface area contributed by atoms with Crippen LogP contribution in [0.2, 0.25) is 5.02 Å². The van der Waals surface area contributed by atoms with E-state index in [1.807, 2.05) is 13.8 Å². The van der Waals surface area contributed by atoms with E-state index in [-0.39, 0.29) is 17.1 Å². The molecule has 0 aromatic heterocycles. The van der Waals surface area contributed by atoms with Gasteiger partial charge in [-0.2, -0.15) is 0 Å². The molecular weight excluding hydrogens is 321 g/mol. The second-order valence-electron chi connectivity index (χ2n) is 5.92.